The zero-order chi connectivity index (χ0) is 13.5. The number of halogens is 1. The normalized spacial score (nSPS) is 21.4. The molecule has 0 aromatic heterocycles. The van der Waals surface area contributed by atoms with Crippen molar-refractivity contribution >= 4 is 31.6 Å². The zero-order valence-electron chi connectivity index (χ0n) is 10.5. The van der Waals surface area contributed by atoms with E-state index in [1.54, 1.807) is 23.4 Å². The van der Waals surface area contributed by atoms with Crippen LogP contribution in [0.5, 0.6) is 0 Å². The summed E-state index contributed by atoms with van der Waals surface area (Å²) in [6.45, 7) is 4.33. The van der Waals surface area contributed by atoms with Crippen molar-refractivity contribution in [2.75, 3.05) is 12.3 Å². The topological polar surface area (TPSA) is 63.4 Å². The number of aryl methyl sites for hydroxylation is 1. The maximum absolute atomic E-state index is 12.6. The largest absolute Gasteiger partial charge is 0.398 e. The molecule has 1 aliphatic rings. The molecule has 0 radical (unpaired) electrons. The van der Waals surface area contributed by atoms with Gasteiger partial charge in [0.15, 0.2) is 0 Å². The Morgan fingerprint density at radius 3 is 2.67 bits per heavy atom. The van der Waals surface area contributed by atoms with Crippen LogP contribution < -0.4 is 5.73 Å². The standard InChI is InChI=1S/C12H17BrN2O2S/c1-8-6-10(13)11(14)7-12(8)18(16,17)15-5-3-4-9(15)2/h6-7,9H,3-5,14H2,1-2H3. The van der Waals surface area contributed by atoms with Crippen LogP contribution in [-0.4, -0.2) is 25.3 Å². The summed E-state index contributed by atoms with van der Waals surface area (Å²) in [4.78, 5) is 0.317. The van der Waals surface area contributed by atoms with Crippen molar-refractivity contribution in [1.82, 2.24) is 4.31 Å². The third kappa shape index (κ3) is 2.29. The molecule has 0 amide bonds. The van der Waals surface area contributed by atoms with Gasteiger partial charge in [-0.2, -0.15) is 4.31 Å². The Labute approximate surface area is 116 Å². The van der Waals surface area contributed by atoms with E-state index in [-0.39, 0.29) is 6.04 Å². The van der Waals surface area contributed by atoms with Crippen LogP contribution >= 0.6 is 15.9 Å². The Kier molecular flexibility index (Phi) is 3.71. The number of hydrogen-bond acceptors (Lipinski definition) is 3. The predicted octanol–water partition coefficient (Wildman–Crippen LogP) is 2.51. The average molecular weight is 333 g/mol. The minimum Gasteiger partial charge on any atom is -0.398 e. The van der Waals surface area contributed by atoms with Gasteiger partial charge in [-0.05, 0) is 60.3 Å². The molecule has 6 heteroatoms. The van der Waals surface area contributed by atoms with Crippen LogP contribution in [0.1, 0.15) is 25.3 Å². The monoisotopic (exact) mass is 332 g/mol. The van der Waals surface area contributed by atoms with E-state index in [1.165, 1.54) is 0 Å². The van der Waals surface area contributed by atoms with Gasteiger partial charge >= 0.3 is 0 Å². The number of nitrogens with zero attached hydrogens (tertiary/aromatic N) is 1. The molecule has 2 N–H and O–H groups in total. The number of nitrogen functional groups attached to an aromatic ring is 1. The Hall–Kier alpha value is -0.590. The molecule has 100 valence electrons. The van der Waals surface area contributed by atoms with Crippen LogP contribution in [0.25, 0.3) is 0 Å². The van der Waals surface area contributed by atoms with Crippen LogP contribution in [-0.2, 0) is 10.0 Å². The Morgan fingerprint density at radius 2 is 2.11 bits per heavy atom. The number of anilines is 1. The van der Waals surface area contributed by atoms with Gasteiger partial charge in [-0.15, -0.1) is 0 Å². The van der Waals surface area contributed by atoms with Gasteiger partial charge in [0, 0.05) is 22.7 Å². The predicted molar refractivity (Wildman–Crippen MR) is 75.9 cm³/mol. The highest BCUT2D eigenvalue weighted by Crippen LogP contribution is 2.31. The number of hydrogen-bond donors (Lipinski definition) is 1. The number of benzene rings is 1. The van der Waals surface area contributed by atoms with E-state index in [1.807, 2.05) is 6.92 Å². The van der Waals surface area contributed by atoms with E-state index in [4.69, 9.17) is 5.73 Å². The van der Waals surface area contributed by atoms with E-state index >= 15 is 0 Å². The SMILES string of the molecule is Cc1cc(Br)c(N)cc1S(=O)(=O)N1CCCC1C. The summed E-state index contributed by atoms with van der Waals surface area (Å²) in [7, 11) is -3.43. The van der Waals surface area contributed by atoms with Crippen LogP contribution in [0.3, 0.4) is 0 Å². The molecule has 1 aromatic carbocycles. The van der Waals surface area contributed by atoms with E-state index in [0.29, 0.717) is 17.1 Å². The van der Waals surface area contributed by atoms with Crippen molar-refractivity contribution in [2.45, 2.75) is 37.6 Å². The van der Waals surface area contributed by atoms with Crippen molar-refractivity contribution in [2.24, 2.45) is 0 Å². The van der Waals surface area contributed by atoms with Crippen molar-refractivity contribution < 1.29 is 8.42 Å². The smallest absolute Gasteiger partial charge is 0.243 e. The first-order valence-electron chi connectivity index (χ1n) is 5.91. The highest BCUT2D eigenvalue weighted by atomic mass is 79.9. The van der Waals surface area contributed by atoms with Crippen LogP contribution in [0.15, 0.2) is 21.5 Å². The third-order valence-corrected chi connectivity index (χ3v) is 6.22. The molecule has 18 heavy (non-hydrogen) atoms. The molecule has 1 saturated heterocycles. The molecular weight excluding hydrogens is 316 g/mol. The molecule has 2 rings (SSSR count). The zero-order valence-corrected chi connectivity index (χ0v) is 12.9. The Morgan fingerprint density at radius 1 is 1.44 bits per heavy atom. The molecule has 0 bridgehead atoms. The van der Waals surface area contributed by atoms with E-state index in [9.17, 15) is 8.42 Å². The second-order valence-electron chi connectivity index (χ2n) is 4.75. The average Bonchev–Trinajstić information content (AvgIpc) is 2.70. The molecule has 4 nitrogen and oxygen atoms in total. The van der Waals surface area contributed by atoms with Gasteiger partial charge in [-0.3, -0.25) is 0 Å². The number of nitrogens with two attached hydrogens (primary N) is 1. The maximum atomic E-state index is 12.6. The molecular formula is C12H17BrN2O2S. The minimum atomic E-state index is -3.43. The summed E-state index contributed by atoms with van der Waals surface area (Å²) in [5, 5.41) is 0. The van der Waals surface area contributed by atoms with Crippen LogP contribution in [0.2, 0.25) is 0 Å². The van der Waals surface area contributed by atoms with E-state index in [0.717, 1.165) is 22.9 Å². The van der Waals surface area contributed by atoms with Gasteiger partial charge in [0.25, 0.3) is 0 Å². The first-order chi connectivity index (χ1) is 8.34. The van der Waals surface area contributed by atoms with Gasteiger partial charge in [0.2, 0.25) is 10.0 Å². The Bertz CT molecular complexity index is 572. The quantitative estimate of drug-likeness (QED) is 0.846. The number of sulfonamides is 1. The van der Waals surface area contributed by atoms with Gasteiger partial charge in [-0.25, -0.2) is 8.42 Å². The van der Waals surface area contributed by atoms with Gasteiger partial charge in [0.1, 0.15) is 0 Å². The molecule has 0 spiro atoms. The fraction of sp³-hybridized carbons (Fsp3) is 0.500. The van der Waals surface area contributed by atoms with Crippen molar-refractivity contribution in [3.05, 3.63) is 22.2 Å². The minimum absolute atomic E-state index is 0.0688. The molecule has 1 aliphatic heterocycles. The molecule has 1 aromatic rings. The number of rotatable bonds is 2. The van der Waals surface area contributed by atoms with Crippen LogP contribution in [0.4, 0.5) is 5.69 Å². The lowest BCUT2D eigenvalue weighted by Gasteiger charge is -2.22. The lowest BCUT2D eigenvalue weighted by molar-refractivity contribution is 0.408. The molecule has 1 fully saturated rings. The second-order valence-corrected chi connectivity index (χ2v) is 7.46. The highest BCUT2D eigenvalue weighted by Gasteiger charge is 2.33. The van der Waals surface area contributed by atoms with Crippen molar-refractivity contribution in [1.29, 1.82) is 0 Å². The maximum Gasteiger partial charge on any atom is 0.243 e. The summed E-state index contributed by atoms with van der Waals surface area (Å²) in [5.41, 5.74) is 6.96. The van der Waals surface area contributed by atoms with Gasteiger partial charge in [-0.1, -0.05) is 0 Å². The summed E-state index contributed by atoms with van der Waals surface area (Å²) in [6, 6.07) is 3.36. The van der Waals surface area contributed by atoms with Crippen molar-refractivity contribution in [3.8, 4) is 0 Å². The molecule has 0 saturated carbocycles. The highest BCUT2D eigenvalue weighted by molar-refractivity contribution is 9.10. The van der Waals surface area contributed by atoms with Gasteiger partial charge in [0.05, 0.1) is 4.90 Å². The summed E-state index contributed by atoms with van der Waals surface area (Å²) < 4.78 is 27.5. The second kappa shape index (κ2) is 4.83. The van der Waals surface area contributed by atoms with Crippen LogP contribution in [0, 0.1) is 6.92 Å². The molecule has 1 heterocycles. The summed E-state index contributed by atoms with van der Waals surface area (Å²) in [5.74, 6) is 0. The fourth-order valence-electron chi connectivity index (χ4n) is 2.34. The fourth-order valence-corrected chi connectivity index (χ4v) is 4.74. The lowest BCUT2D eigenvalue weighted by Crippen LogP contribution is -2.34. The first kappa shape index (κ1) is 13.8. The lowest BCUT2D eigenvalue weighted by atomic mass is 10.2. The molecule has 1 unspecified atom stereocenters. The summed E-state index contributed by atoms with van der Waals surface area (Å²) in [6.07, 6.45) is 1.84. The first-order valence-corrected chi connectivity index (χ1v) is 8.15. The van der Waals surface area contributed by atoms with E-state index < -0.39 is 10.0 Å². The molecule has 0 aliphatic carbocycles. The third-order valence-electron chi connectivity index (χ3n) is 3.37. The summed E-state index contributed by atoms with van der Waals surface area (Å²) >= 11 is 3.31. The molecule has 1 atom stereocenters. The van der Waals surface area contributed by atoms with Gasteiger partial charge < -0.3 is 5.73 Å². The van der Waals surface area contributed by atoms with Crippen molar-refractivity contribution in [3.63, 3.8) is 0 Å². The van der Waals surface area contributed by atoms with E-state index in [2.05, 4.69) is 15.9 Å². The Balaban J connectivity index is 2.51.